The second-order valence-corrected chi connectivity index (χ2v) is 7.78. The number of likely N-dealkylation sites (tertiary alicyclic amines) is 1. The van der Waals surface area contributed by atoms with Gasteiger partial charge in [-0.15, -0.1) is 11.3 Å². The van der Waals surface area contributed by atoms with E-state index in [0.717, 1.165) is 23.1 Å². The number of nitrogens with one attached hydrogen (secondary N) is 1. The summed E-state index contributed by atoms with van der Waals surface area (Å²) in [4.78, 5) is 11.3. The van der Waals surface area contributed by atoms with Crippen LogP contribution in [0.3, 0.4) is 0 Å². The van der Waals surface area contributed by atoms with Gasteiger partial charge in [0.05, 0.1) is 13.1 Å². The summed E-state index contributed by atoms with van der Waals surface area (Å²) in [6.07, 6.45) is -7.98. The molecule has 166 valence electrons. The first-order valence-corrected chi connectivity index (χ1v) is 10.2. The molecule has 2 rings (SSSR count). The van der Waals surface area contributed by atoms with Crippen molar-refractivity contribution in [1.29, 1.82) is 0 Å². The smallest absolute Gasteiger partial charge is 0.357 e. The van der Waals surface area contributed by atoms with Crippen molar-refractivity contribution in [1.82, 2.24) is 20.1 Å². The monoisotopic (exact) mass is 445 g/mol. The fourth-order valence-corrected chi connectivity index (χ4v) is 3.90. The average molecular weight is 445 g/mol. The minimum Gasteiger partial charge on any atom is -0.357 e. The minimum atomic E-state index is -4.48. The van der Waals surface area contributed by atoms with Crippen molar-refractivity contribution in [3.05, 3.63) is 16.1 Å². The predicted molar refractivity (Wildman–Crippen MR) is 99.8 cm³/mol. The second-order valence-electron chi connectivity index (χ2n) is 6.84. The molecular formula is C17H25F6N5S. The first-order chi connectivity index (χ1) is 13.5. The van der Waals surface area contributed by atoms with E-state index in [1.807, 2.05) is 11.8 Å². The molecule has 2 heterocycles. The third-order valence-corrected chi connectivity index (χ3v) is 5.33. The van der Waals surface area contributed by atoms with Gasteiger partial charge < -0.3 is 10.2 Å². The van der Waals surface area contributed by atoms with Crippen molar-refractivity contribution in [2.24, 2.45) is 10.9 Å². The van der Waals surface area contributed by atoms with Gasteiger partial charge in [-0.2, -0.15) is 26.3 Å². The Morgan fingerprint density at radius 1 is 1.31 bits per heavy atom. The van der Waals surface area contributed by atoms with Crippen LogP contribution in [-0.4, -0.2) is 66.2 Å². The summed E-state index contributed by atoms with van der Waals surface area (Å²) < 4.78 is 75.9. The highest BCUT2D eigenvalue weighted by Crippen LogP contribution is 2.30. The van der Waals surface area contributed by atoms with E-state index in [1.54, 1.807) is 6.92 Å². The Balaban J connectivity index is 1.97. The minimum absolute atomic E-state index is 0.0133. The first-order valence-electron chi connectivity index (χ1n) is 9.35. The van der Waals surface area contributed by atoms with Gasteiger partial charge in [-0.05, 0) is 25.8 Å². The van der Waals surface area contributed by atoms with E-state index < -0.39 is 24.6 Å². The number of rotatable bonds is 7. The highest BCUT2D eigenvalue weighted by atomic mass is 32.1. The molecule has 1 unspecified atom stereocenters. The van der Waals surface area contributed by atoms with Crippen LogP contribution in [0.5, 0.6) is 0 Å². The highest BCUT2D eigenvalue weighted by molar-refractivity contribution is 7.09. The molecule has 1 saturated heterocycles. The van der Waals surface area contributed by atoms with Crippen LogP contribution in [0.15, 0.2) is 10.4 Å². The second kappa shape index (κ2) is 9.96. The van der Waals surface area contributed by atoms with Crippen LogP contribution in [0, 0.1) is 5.92 Å². The predicted octanol–water partition coefficient (Wildman–Crippen LogP) is 3.83. The molecule has 29 heavy (non-hydrogen) atoms. The summed E-state index contributed by atoms with van der Waals surface area (Å²) in [5.74, 6) is 0.607. The molecule has 1 fully saturated rings. The molecule has 1 aliphatic heterocycles. The van der Waals surface area contributed by atoms with Gasteiger partial charge in [-0.1, -0.05) is 6.92 Å². The Morgan fingerprint density at radius 3 is 2.59 bits per heavy atom. The first kappa shape index (κ1) is 23.7. The topological polar surface area (TPSA) is 43.8 Å². The highest BCUT2D eigenvalue weighted by Gasteiger charge is 2.34. The molecule has 1 aromatic heterocycles. The fourth-order valence-electron chi connectivity index (χ4n) is 3.18. The molecule has 0 aliphatic carbocycles. The molecule has 1 aliphatic rings. The summed E-state index contributed by atoms with van der Waals surface area (Å²) in [7, 11) is 0. The van der Waals surface area contributed by atoms with Gasteiger partial charge in [0.15, 0.2) is 11.7 Å². The zero-order chi connectivity index (χ0) is 21.7. The van der Waals surface area contributed by atoms with Crippen LogP contribution in [-0.2, 0) is 12.7 Å². The summed E-state index contributed by atoms with van der Waals surface area (Å²) in [6.45, 7) is 5.06. The van der Waals surface area contributed by atoms with Crippen molar-refractivity contribution in [3.8, 4) is 0 Å². The van der Waals surface area contributed by atoms with Gasteiger partial charge >= 0.3 is 12.4 Å². The number of hydrogen-bond acceptors (Lipinski definition) is 4. The molecule has 1 N–H and O–H groups in total. The number of halogens is 6. The summed E-state index contributed by atoms with van der Waals surface area (Å²) in [5.41, 5.74) is -0.928. The van der Waals surface area contributed by atoms with Crippen LogP contribution in [0.25, 0.3) is 0 Å². The van der Waals surface area contributed by atoms with Gasteiger partial charge in [-0.3, -0.25) is 4.90 Å². The Morgan fingerprint density at radius 2 is 2.03 bits per heavy atom. The number of alkyl halides is 6. The molecule has 1 aromatic rings. The molecule has 0 radical (unpaired) electrons. The van der Waals surface area contributed by atoms with E-state index in [1.165, 1.54) is 4.90 Å². The van der Waals surface area contributed by atoms with Gasteiger partial charge in [0.1, 0.15) is 5.01 Å². The quantitative estimate of drug-likeness (QED) is 0.394. The molecule has 12 heteroatoms. The molecule has 0 amide bonds. The number of hydrogen-bond donors (Lipinski definition) is 1. The van der Waals surface area contributed by atoms with Gasteiger partial charge in [0, 0.05) is 31.6 Å². The zero-order valence-corrected chi connectivity index (χ0v) is 17.1. The number of nitrogens with zero attached hydrogens (tertiary/aromatic N) is 4. The molecular weight excluding hydrogens is 420 g/mol. The van der Waals surface area contributed by atoms with Crippen molar-refractivity contribution < 1.29 is 26.3 Å². The molecule has 5 nitrogen and oxygen atoms in total. The van der Waals surface area contributed by atoms with Crippen molar-refractivity contribution >= 4 is 17.3 Å². The molecule has 0 bridgehead atoms. The van der Waals surface area contributed by atoms with Crippen LogP contribution < -0.4 is 5.32 Å². The SMILES string of the molecule is CCNC(=NCc1nc(C(F)(F)F)cs1)N1CCC(CN(CC)CC(F)(F)F)C1. The number of thiazole rings is 1. The van der Waals surface area contributed by atoms with E-state index >= 15 is 0 Å². The zero-order valence-electron chi connectivity index (χ0n) is 16.3. The average Bonchev–Trinajstić information content (AvgIpc) is 3.26. The van der Waals surface area contributed by atoms with Crippen LogP contribution >= 0.6 is 11.3 Å². The standard InChI is InChI=1S/C17H25F6N5S/c1-3-24-15(25-7-14-26-13(10-29-14)17(21,22)23)28-6-5-12(9-28)8-27(4-2)11-16(18,19)20/h10,12H,3-9,11H2,1-2H3,(H,24,25). The van der Waals surface area contributed by atoms with Crippen molar-refractivity contribution in [2.45, 2.75) is 39.2 Å². The van der Waals surface area contributed by atoms with Crippen molar-refractivity contribution in [3.63, 3.8) is 0 Å². The van der Waals surface area contributed by atoms with E-state index in [4.69, 9.17) is 0 Å². The lowest BCUT2D eigenvalue weighted by Gasteiger charge is -2.26. The number of aromatic nitrogens is 1. The Hall–Kier alpha value is -1.56. The van der Waals surface area contributed by atoms with Gasteiger partial charge in [0.2, 0.25) is 0 Å². The molecule has 0 aromatic carbocycles. The van der Waals surface area contributed by atoms with Gasteiger partial charge in [-0.25, -0.2) is 9.98 Å². The maximum Gasteiger partial charge on any atom is 0.434 e. The van der Waals surface area contributed by atoms with Crippen LogP contribution in [0.1, 0.15) is 31.0 Å². The summed E-state index contributed by atoms with van der Waals surface area (Å²) in [5, 5.41) is 4.31. The van der Waals surface area contributed by atoms with E-state index in [0.29, 0.717) is 38.7 Å². The normalized spacial score (nSPS) is 18.7. The maximum absolute atomic E-state index is 12.7. The van der Waals surface area contributed by atoms with E-state index in [9.17, 15) is 26.3 Å². The number of guanidine groups is 1. The van der Waals surface area contributed by atoms with E-state index in [2.05, 4.69) is 15.3 Å². The lowest BCUT2D eigenvalue weighted by molar-refractivity contribution is -0.146. The third kappa shape index (κ3) is 7.65. The third-order valence-electron chi connectivity index (χ3n) is 4.49. The van der Waals surface area contributed by atoms with Crippen molar-refractivity contribution in [2.75, 3.05) is 39.3 Å². The van der Waals surface area contributed by atoms with E-state index in [-0.39, 0.29) is 17.5 Å². The van der Waals surface area contributed by atoms with Crippen LogP contribution in [0.2, 0.25) is 0 Å². The lowest BCUT2D eigenvalue weighted by Crippen LogP contribution is -2.41. The van der Waals surface area contributed by atoms with Crippen LogP contribution in [0.4, 0.5) is 26.3 Å². The maximum atomic E-state index is 12.7. The largest absolute Gasteiger partial charge is 0.434 e. The van der Waals surface area contributed by atoms with Gasteiger partial charge in [0.25, 0.3) is 0 Å². The lowest BCUT2D eigenvalue weighted by atomic mass is 10.1. The molecule has 0 saturated carbocycles. The Labute approximate surface area is 169 Å². The number of aliphatic imine (C=N–C) groups is 1. The Bertz CT molecular complexity index is 672. The Kier molecular flexibility index (Phi) is 8.15. The summed E-state index contributed by atoms with van der Waals surface area (Å²) >= 11 is 0.899. The fraction of sp³-hybridized carbons (Fsp3) is 0.765. The molecule has 1 atom stereocenters. The molecule has 0 spiro atoms. The summed E-state index contributed by atoms with van der Waals surface area (Å²) in [6, 6.07) is 0.